The average Bonchev–Trinajstić information content (AvgIpc) is 2.51. The minimum Gasteiger partial charge on any atom is -0.495 e. The molecule has 1 aromatic rings. The number of benzene rings is 1. The van der Waals surface area contributed by atoms with Gasteiger partial charge in [0.15, 0.2) is 0 Å². The van der Waals surface area contributed by atoms with Gasteiger partial charge in [0.2, 0.25) is 0 Å². The minimum atomic E-state index is -0.264. The second-order valence-electron chi connectivity index (χ2n) is 4.59. The lowest BCUT2D eigenvalue weighted by Crippen LogP contribution is -2.41. The fraction of sp³-hybridized carbons (Fsp3) is 0.429. The molecule has 1 aromatic carbocycles. The molecule has 0 fully saturated rings. The van der Waals surface area contributed by atoms with Crippen molar-refractivity contribution in [3.05, 3.63) is 24.3 Å². The van der Waals surface area contributed by atoms with E-state index >= 15 is 0 Å². The quantitative estimate of drug-likeness (QED) is 0.323. The van der Waals surface area contributed by atoms with Crippen LogP contribution in [0.25, 0.3) is 0 Å². The fourth-order valence-corrected chi connectivity index (χ4v) is 1.82. The highest BCUT2D eigenvalue weighted by atomic mass is 16.5. The Hall–Kier alpha value is -2.44. The number of urea groups is 1. The smallest absolute Gasteiger partial charge is 0.321 e. The van der Waals surface area contributed by atoms with Gasteiger partial charge in [0.25, 0.3) is 0 Å². The number of nitrogens with two attached hydrogens (primary N) is 1. The molecule has 0 aromatic heterocycles. The first-order valence-corrected chi connectivity index (χ1v) is 6.69. The van der Waals surface area contributed by atoms with Crippen LogP contribution in [0.1, 0.15) is 13.8 Å². The Balaban J connectivity index is 2.75. The van der Waals surface area contributed by atoms with E-state index in [9.17, 15) is 4.79 Å². The van der Waals surface area contributed by atoms with Gasteiger partial charge >= 0.3 is 6.03 Å². The molecule has 0 heterocycles. The van der Waals surface area contributed by atoms with Crippen LogP contribution in [0.15, 0.2) is 29.4 Å². The van der Waals surface area contributed by atoms with E-state index in [2.05, 4.69) is 10.5 Å². The van der Waals surface area contributed by atoms with Crippen LogP contribution >= 0.6 is 0 Å². The molecule has 21 heavy (non-hydrogen) atoms. The van der Waals surface area contributed by atoms with Crippen LogP contribution in [0.5, 0.6) is 5.75 Å². The summed E-state index contributed by atoms with van der Waals surface area (Å²) in [6, 6.07) is 6.90. The molecule has 0 aliphatic heterocycles. The maximum absolute atomic E-state index is 12.3. The summed E-state index contributed by atoms with van der Waals surface area (Å²) < 4.78 is 5.19. The molecule has 2 amide bonds. The maximum atomic E-state index is 12.3. The third-order valence-corrected chi connectivity index (χ3v) is 3.13. The van der Waals surface area contributed by atoms with E-state index in [1.165, 1.54) is 0 Å². The lowest BCUT2D eigenvalue weighted by Gasteiger charge is -2.24. The predicted octanol–water partition coefficient (Wildman–Crippen LogP) is 1.93. The summed E-state index contributed by atoms with van der Waals surface area (Å²) in [6.07, 6.45) is 0. The first-order chi connectivity index (χ1) is 10.0. The van der Waals surface area contributed by atoms with Crippen LogP contribution in [0.2, 0.25) is 0 Å². The number of rotatable bonds is 6. The van der Waals surface area contributed by atoms with Crippen molar-refractivity contribution >= 4 is 17.6 Å². The van der Waals surface area contributed by atoms with E-state index in [0.29, 0.717) is 24.5 Å². The SMILES string of the molecule is CCN(CC(C)C(N)=NO)C(=O)Nc1ccccc1OC. The van der Waals surface area contributed by atoms with Gasteiger partial charge in [-0.2, -0.15) is 0 Å². The van der Waals surface area contributed by atoms with Crippen molar-refractivity contribution in [3.8, 4) is 5.75 Å². The van der Waals surface area contributed by atoms with Crippen LogP contribution in [-0.2, 0) is 0 Å². The summed E-state index contributed by atoms with van der Waals surface area (Å²) in [6.45, 7) is 4.51. The number of carbonyl (C=O) groups excluding carboxylic acids is 1. The lowest BCUT2D eigenvalue weighted by molar-refractivity contribution is 0.210. The number of para-hydroxylation sites is 2. The molecular formula is C14H22N4O3. The number of oxime groups is 1. The molecule has 0 aliphatic rings. The van der Waals surface area contributed by atoms with Gasteiger partial charge < -0.3 is 25.9 Å². The number of nitrogens with zero attached hydrogens (tertiary/aromatic N) is 2. The zero-order valence-corrected chi connectivity index (χ0v) is 12.5. The van der Waals surface area contributed by atoms with Gasteiger partial charge in [-0.25, -0.2) is 4.79 Å². The number of hydrogen-bond acceptors (Lipinski definition) is 4. The van der Waals surface area contributed by atoms with Crippen molar-refractivity contribution < 1.29 is 14.7 Å². The summed E-state index contributed by atoms with van der Waals surface area (Å²) in [7, 11) is 1.54. The van der Waals surface area contributed by atoms with Crippen molar-refractivity contribution in [1.29, 1.82) is 0 Å². The Labute approximate surface area is 124 Å². The second-order valence-corrected chi connectivity index (χ2v) is 4.59. The highest BCUT2D eigenvalue weighted by molar-refractivity contribution is 5.91. The molecule has 4 N–H and O–H groups in total. The molecule has 0 radical (unpaired) electrons. The first-order valence-electron chi connectivity index (χ1n) is 6.69. The molecule has 1 atom stereocenters. The topological polar surface area (TPSA) is 100 Å². The van der Waals surface area contributed by atoms with E-state index < -0.39 is 0 Å². The monoisotopic (exact) mass is 294 g/mol. The van der Waals surface area contributed by atoms with Crippen LogP contribution in [-0.4, -0.2) is 42.2 Å². The Morgan fingerprint density at radius 1 is 1.52 bits per heavy atom. The predicted molar refractivity (Wildman–Crippen MR) is 81.8 cm³/mol. The van der Waals surface area contributed by atoms with Gasteiger partial charge in [0.1, 0.15) is 11.6 Å². The third kappa shape index (κ3) is 4.55. The molecule has 0 aliphatic carbocycles. The Kier molecular flexibility index (Phi) is 6.32. The van der Waals surface area contributed by atoms with Crippen LogP contribution < -0.4 is 15.8 Å². The third-order valence-electron chi connectivity index (χ3n) is 3.13. The van der Waals surface area contributed by atoms with Crippen molar-refractivity contribution in [3.63, 3.8) is 0 Å². The number of nitrogens with one attached hydrogen (secondary N) is 1. The molecule has 7 heteroatoms. The summed E-state index contributed by atoms with van der Waals surface area (Å²) in [5.41, 5.74) is 6.14. The fourth-order valence-electron chi connectivity index (χ4n) is 1.82. The summed E-state index contributed by atoms with van der Waals surface area (Å²) in [5.74, 6) is 0.447. The van der Waals surface area contributed by atoms with Gasteiger partial charge in [0, 0.05) is 19.0 Å². The van der Waals surface area contributed by atoms with E-state index in [1.54, 1.807) is 31.1 Å². The zero-order chi connectivity index (χ0) is 15.8. The molecule has 1 unspecified atom stereocenters. The highest BCUT2D eigenvalue weighted by Gasteiger charge is 2.18. The number of ether oxygens (including phenoxy) is 1. The molecule has 116 valence electrons. The molecule has 0 bridgehead atoms. The highest BCUT2D eigenvalue weighted by Crippen LogP contribution is 2.23. The lowest BCUT2D eigenvalue weighted by atomic mass is 10.1. The van der Waals surface area contributed by atoms with E-state index in [0.717, 1.165) is 0 Å². The number of methoxy groups -OCH3 is 1. The number of amidine groups is 1. The van der Waals surface area contributed by atoms with E-state index in [-0.39, 0.29) is 17.8 Å². The van der Waals surface area contributed by atoms with Gasteiger partial charge in [0.05, 0.1) is 12.8 Å². The molecule has 0 saturated carbocycles. The number of amides is 2. The molecular weight excluding hydrogens is 272 g/mol. The van der Waals surface area contributed by atoms with Crippen molar-refractivity contribution in [2.45, 2.75) is 13.8 Å². The maximum Gasteiger partial charge on any atom is 0.321 e. The minimum absolute atomic E-state index is 0.0959. The summed E-state index contributed by atoms with van der Waals surface area (Å²) in [5, 5.41) is 14.4. The molecule has 0 spiro atoms. The summed E-state index contributed by atoms with van der Waals surface area (Å²) >= 11 is 0. The average molecular weight is 294 g/mol. The van der Waals surface area contributed by atoms with Crippen LogP contribution in [0.3, 0.4) is 0 Å². The zero-order valence-electron chi connectivity index (χ0n) is 12.5. The van der Waals surface area contributed by atoms with Gasteiger partial charge in [-0.05, 0) is 19.1 Å². The van der Waals surface area contributed by atoms with Crippen LogP contribution in [0, 0.1) is 5.92 Å². The van der Waals surface area contributed by atoms with E-state index in [4.69, 9.17) is 15.7 Å². The van der Waals surface area contributed by atoms with Gasteiger partial charge in [-0.1, -0.05) is 24.2 Å². The van der Waals surface area contributed by atoms with E-state index in [1.807, 2.05) is 19.1 Å². The van der Waals surface area contributed by atoms with Gasteiger partial charge in [-0.15, -0.1) is 0 Å². The van der Waals surface area contributed by atoms with Gasteiger partial charge in [-0.3, -0.25) is 0 Å². The molecule has 0 saturated heterocycles. The van der Waals surface area contributed by atoms with Crippen LogP contribution in [0.4, 0.5) is 10.5 Å². The number of hydrogen-bond donors (Lipinski definition) is 3. The largest absolute Gasteiger partial charge is 0.495 e. The normalized spacial score (nSPS) is 12.6. The summed E-state index contributed by atoms with van der Waals surface area (Å²) in [4.78, 5) is 13.9. The standard InChI is InChI=1S/C14H22N4O3/c1-4-18(9-10(2)13(15)17-20)14(19)16-11-7-5-6-8-12(11)21-3/h5-8,10,20H,4,9H2,1-3H3,(H2,15,17)(H,16,19). The molecule has 1 rings (SSSR count). The Bertz CT molecular complexity index is 505. The van der Waals surface area contributed by atoms with Crippen molar-refractivity contribution in [2.75, 3.05) is 25.5 Å². The second kappa shape index (κ2) is 7.98. The number of anilines is 1. The Morgan fingerprint density at radius 3 is 2.76 bits per heavy atom. The first kappa shape index (κ1) is 16.6. The number of carbonyl (C=O) groups is 1. The van der Waals surface area contributed by atoms with Crippen molar-refractivity contribution in [2.24, 2.45) is 16.8 Å². The Morgan fingerprint density at radius 2 is 2.19 bits per heavy atom. The van der Waals surface area contributed by atoms with Crippen molar-refractivity contribution in [1.82, 2.24) is 4.90 Å². The molecule has 7 nitrogen and oxygen atoms in total.